The van der Waals surface area contributed by atoms with Gasteiger partial charge in [-0.05, 0) is 6.92 Å². The molecule has 4 aliphatic rings. The molecule has 47 heavy (non-hydrogen) atoms. The lowest BCUT2D eigenvalue weighted by Crippen LogP contribution is -2.69. The van der Waals surface area contributed by atoms with Gasteiger partial charge in [-0.2, -0.15) is 0 Å². The zero-order chi connectivity index (χ0) is 34.9. The van der Waals surface area contributed by atoms with Gasteiger partial charge in [0.1, 0.15) is 91.5 Å². The normalized spacial score (nSPS) is 51.0. The Morgan fingerprint density at radius 1 is 0.553 bits per heavy atom. The summed E-state index contributed by atoms with van der Waals surface area (Å²) in [6.45, 7) is -0.177. The number of hydrogen-bond donors (Lipinski definition) is 13. The number of aliphatic hydroxyl groups excluding tert-OH is 12. The fourth-order valence-electron chi connectivity index (χ4n) is 5.86. The van der Waals surface area contributed by atoms with Crippen molar-refractivity contribution in [2.45, 2.75) is 137 Å². The van der Waals surface area contributed by atoms with Gasteiger partial charge in [0.2, 0.25) is 5.91 Å². The average Bonchev–Trinajstić information content (AvgIpc) is 3.04. The fourth-order valence-corrected chi connectivity index (χ4v) is 5.86. The van der Waals surface area contributed by atoms with Gasteiger partial charge in [0.15, 0.2) is 25.2 Å². The number of rotatable bonds is 10. The molecule has 13 N–H and O–H groups in total. The summed E-state index contributed by atoms with van der Waals surface area (Å²) in [5.74, 6) is -0.710. The predicted molar refractivity (Wildman–Crippen MR) is 144 cm³/mol. The van der Waals surface area contributed by atoms with Crippen molar-refractivity contribution in [1.82, 2.24) is 5.32 Å². The molecule has 4 rings (SSSR count). The number of hydrogen-bond acceptors (Lipinski definition) is 20. The van der Waals surface area contributed by atoms with Crippen LogP contribution in [0.3, 0.4) is 0 Å². The molecular formula is C26H45NO20. The molecule has 274 valence electrons. The highest BCUT2D eigenvalue weighted by Crippen LogP contribution is 2.35. The summed E-state index contributed by atoms with van der Waals surface area (Å²) in [4.78, 5) is 12.0. The van der Waals surface area contributed by atoms with Gasteiger partial charge < -0.3 is 99.8 Å². The topological polar surface area (TPSA) is 336 Å². The van der Waals surface area contributed by atoms with Gasteiger partial charge in [-0.3, -0.25) is 4.79 Å². The summed E-state index contributed by atoms with van der Waals surface area (Å²) in [6.07, 6.45) is -33.0. The number of carbonyl (C=O) groups is 1. The van der Waals surface area contributed by atoms with E-state index in [4.69, 9.17) is 33.2 Å². The number of aliphatic hydroxyl groups is 12. The van der Waals surface area contributed by atoms with Gasteiger partial charge in [-0.15, -0.1) is 0 Å². The number of nitrogens with one attached hydrogen (secondary N) is 1. The lowest BCUT2D eigenvalue weighted by atomic mass is 9.94. The lowest BCUT2D eigenvalue weighted by Gasteiger charge is -2.50. The van der Waals surface area contributed by atoms with E-state index in [1.54, 1.807) is 0 Å². The summed E-state index contributed by atoms with van der Waals surface area (Å²) >= 11 is 0. The Morgan fingerprint density at radius 3 is 1.70 bits per heavy atom. The molecule has 0 radical (unpaired) electrons. The molecular weight excluding hydrogens is 646 g/mol. The molecule has 0 aromatic heterocycles. The predicted octanol–water partition coefficient (Wildman–Crippen LogP) is -8.58. The molecule has 4 fully saturated rings. The van der Waals surface area contributed by atoms with Crippen LogP contribution in [0.5, 0.6) is 0 Å². The maximum atomic E-state index is 12.0. The zero-order valence-electron chi connectivity index (χ0n) is 25.3. The standard InChI is InChI=1S/C26H45NO20/c1-6-12(32)16(36)19(39)25(41-6)47-22-21(46-24-11(27-7(2)31)15(35)13(33)8(3-28)43-24)14(34)9(4-29)44-26(22)45-20-10(5-30)42-23(40)18(38)17(20)37/h6,8-26,28-30,32-40H,3-5H2,1-2H3,(H,27,31)/t6?,8?,9?,10?,11?,12-,13+,14+,15?,16?,17?,18?,19?,20-,21?,22?,23-,24-,25+,26+/m1/s1. The van der Waals surface area contributed by atoms with E-state index < -0.39 is 148 Å². The molecule has 12 unspecified atom stereocenters. The van der Waals surface area contributed by atoms with Gasteiger partial charge in [0, 0.05) is 6.92 Å². The van der Waals surface area contributed by atoms with Gasteiger partial charge in [0.25, 0.3) is 0 Å². The maximum Gasteiger partial charge on any atom is 0.217 e. The van der Waals surface area contributed by atoms with Crippen LogP contribution in [0.4, 0.5) is 0 Å². The molecule has 21 nitrogen and oxygen atoms in total. The van der Waals surface area contributed by atoms with Gasteiger partial charge in [0.05, 0.1) is 25.9 Å². The Bertz CT molecular complexity index is 1010. The highest BCUT2D eigenvalue weighted by Gasteiger charge is 2.56. The second-order valence-electron chi connectivity index (χ2n) is 11.9. The average molecular weight is 692 g/mol. The molecule has 1 amide bonds. The quantitative estimate of drug-likeness (QED) is 0.101. The molecule has 4 heterocycles. The Morgan fingerprint density at radius 2 is 1.11 bits per heavy atom. The van der Waals surface area contributed by atoms with Crippen LogP contribution in [0, 0.1) is 0 Å². The van der Waals surface area contributed by atoms with Crippen molar-refractivity contribution in [3.63, 3.8) is 0 Å². The maximum absolute atomic E-state index is 12.0. The summed E-state index contributed by atoms with van der Waals surface area (Å²) in [7, 11) is 0. The first-order chi connectivity index (χ1) is 22.1. The van der Waals surface area contributed by atoms with Crippen molar-refractivity contribution in [3.05, 3.63) is 0 Å². The Balaban J connectivity index is 1.73. The van der Waals surface area contributed by atoms with E-state index in [1.165, 1.54) is 6.92 Å². The van der Waals surface area contributed by atoms with E-state index in [-0.39, 0.29) is 0 Å². The van der Waals surface area contributed by atoms with E-state index in [0.717, 1.165) is 6.92 Å². The molecule has 0 aromatic rings. The molecule has 0 aliphatic carbocycles. The van der Waals surface area contributed by atoms with Crippen molar-refractivity contribution in [2.75, 3.05) is 19.8 Å². The third-order valence-electron chi connectivity index (χ3n) is 8.57. The molecule has 4 aliphatic heterocycles. The second-order valence-corrected chi connectivity index (χ2v) is 11.9. The number of amides is 1. The Kier molecular flexibility index (Phi) is 13.2. The Labute approximate surface area is 267 Å². The van der Waals surface area contributed by atoms with Crippen LogP contribution in [-0.4, -0.2) is 210 Å². The molecule has 21 heteroatoms. The summed E-state index contributed by atoms with van der Waals surface area (Å²) < 4.78 is 39.7. The van der Waals surface area contributed by atoms with E-state index in [1.807, 2.05) is 0 Å². The van der Waals surface area contributed by atoms with Crippen LogP contribution in [-0.2, 0) is 38.0 Å². The SMILES string of the molecule is CC(=O)NC1C(O)[C@@H](O)C(CO)O[C@@H]1OC1C(O[C@@H]2OC(C)[C@@H](O)C(O)C2O)[C@H](O[C@@H]2C(CO)O[C@@H](O)C(O)C2O)OC(CO)[C@@H]1O. The lowest BCUT2D eigenvalue weighted by molar-refractivity contribution is -0.400. The van der Waals surface area contributed by atoms with Crippen molar-refractivity contribution in [2.24, 2.45) is 0 Å². The van der Waals surface area contributed by atoms with E-state index >= 15 is 0 Å². The third kappa shape index (κ3) is 8.04. The van der Waals surface area contributed by atoms with Crippen LogP contribution in [0.1, 0.15) is 13.8 Å². The molecule has 4 saturated heterocycles. The van der Waals surface area contributed by atoms with Gasteiger partial charge in [-0.1, -0.05) is 0 Å². The number of carbonyl (C=O) groups excluding carboxylic acids is 1. The highest BCUT2D eigenvalue weighted by atomic mass is 16.8. The zero-order valence-corrected chi connectivity index (χ0v) is 25.3. The Hall–Kier alpha value is -1.29. The van der Waals surface area contributed by atoms with Crippen LogP contribution < -0.4 is 5.32 Å². The number of ether oxygens (including phenoxy) is 7. The van der Waals surface area contributed by atoms with Crippen molar-refractivity contribution in [3.8, 4) is 0 Å². The minimum Gasteiger partial charge on any atom is -0.394 e. The minimum atomic E-state index is -1.95. The second kappa shape index (κ2) is 16.2. The smallest absolute Gasteiger partial charge is 0.217 e. The first kappa shape index (κ1) is 38.5. The van der Waals surface area contributed by atoms with E-state index in [9.17, 15) is 66.1 Å². The molecule has 0 saturated carbocycles. The van der Waals surface area contributed by atoms with Crippen molar-refractivity contribution in [1.29, 1.82) is 0 Å². The fraction of sp³-hybridized carbons (Fsp3) is 0.962. The summed E-state index contributed by atoms with van der Waals surface area (Å²) in [5.41, 5.74) is 0. The van der Waals surface area contributed by atoms with Crippen LogP contribution >= 0.6 is 0 Å². The van der Waals surface area contributed by atoms with E-state index in [2.05, 4.69) is 5.32 Å². The summed E-state index contributed by atoms with van der Waals surface area (Å²) in [5, 5.41) is 127. The molecule has 0 aromatic carbocycles. The minimum absolute atomic E-state index is 0.710. The summed E-state index contributed by atoms with van der Waals surface area (Å²) in [6, 6.07) is -1.54. The van der Waals surface area contributed by atoms with E-state index in [0.29, 0.717) is 0 Å². The first-order valence-corrected chi connectivity index (χ1v) is 15.0. The largest absolute Gasteiger partial charge is 0.394 e. The van der Waals surface area contributed by atoms with Crippen LogP contribution in [0.25, 0.3) is 0 Å². The first-order valence-electron chi connectivity index (χ1n) is 15.0. The van der Waals surface area contributed by atoms with Crippen LogP contribution in [0.15, 0.2) is 0 Å². The molecule has 20 atom stereocenters. The van der Waals surface area contributed by atoms with Crippen molar-refractivity contribution < 1.29 is 99.2 Å². The third-order valence-corrected chi connectivity index (χ3v) is 8.57. The highest BCUT2D eigenvalue weighted by molar-refractivity contribution is 5.73. The van der Waals surface area contributed by atoms with Gasteiger partial charge in [-0.25, -0.2) is 0 Å². The molecule has 0 bridgehead atoms. The molecule has 0 spiro atoms. The van der Waals surface area contributed by atoms with Crippen molar-refractivity contribution >= 4 is 5.91 Å². The van der Waals surface area contributed by atoms with Crippen LogP contribution in [0.2, 0.25) is 0 Å². The monoisotopic (exact) mass is 691 g/mol. The van der Waals surface area contributed by atoms with Gasteiger partial charge >= 0.3 is 0 Å².